The number of halogens is 2. The molecule has 1 N–H and O–H groups in total. The molecule has 3 rings (SSSR count). The van der Waals surface area contributed by atoms with Gasteiger partial charge in [0, 0.05) is 29.1 Å². The predicted molar refractivity (Wildman–Crippen MR) is 133 cm³/mol. The Morgan fingerprint density at radius 3 is 2.48 bits per heavy atom. The number of carbonyl (C=O) groups excluding carboxylic acids is 2. The van der Waals surface area contributed by atoms with E-state index in [4.69, 9.17) is 27.9 Å². The van der Waals surface area contributed by atoms with Crippen LogP contribution in [0.15, 0.2) is 48.5 Å². The van der Waals surface area contributed by atoms with Crippen LogP contribution in [0, 0.1) is 0 Å². The van der Waals surface area contributed by atoms with E-state index >= 15 is 0 Å². The summed E-state index contributed by atoms with van der Waals surface area (Å²) >= 11 is 12.0. The molecule has 0 spiro atoms. The number of amides is 2. The number of benzene rings is 2. The predicted octanol–water partition coefficient (Wildman–Crippen LogP) is 6.02. The molecule has 0 saturated heterocycles. The molecule has 178 valence electrons. The molecule has 0 aliphatic heterocycles. The summed E-state index contributed by atoms with van der Waals surface area (Å²) < 4.78 is 5.71. The molecular weight excluding hydrogens is 459 g/mol. The fourth-order valence-corrected chi connectivity index (χ4v) is 4.41. The van der Waals surface area contributed by atoms with Crippen LogP contribution in [0.1, 0.15) is 57.4 Å². The smallest absolute Gasteiger partial charge is 0.242 e. The van der Waals surface area contributed by atoms with Crippen LogP contribution in [-0.4, -0.2) is 35.4 Å². The van der Waals surface area contributed by atoms with Gasteiger partial charge in [-0.25, -0.2) is 0 Å². The van der Waals surface area contributed by atoms with Crippen molar-refractivity contribution in [2.45, 2.75) is 70.5 Å². The molecule has 0 bridgehead atoms. The van der Waals surface area contributed by atoms with Crippen molar-refractivity contribution in [2.24, 2.45) is 0 Å². The summed E-state index contributed by atoms with van der Waals surface area (Å²) in [4.78, 5) is 27.8. The molecule has 1 aliphatic carbocycles. The van der Waals surface area contributed by atoms with Gasteiger partial charge in [0.15, 0.2) is 0 Å². The second kappa shape index (κ2) is 12.9. The van der Waals surface area contributed by atoms with Crippen molar-refractivity contribution < 1.29 is 14.3 Å². The molecule has 0 aromatic heterocycles. The molecule has 0 unspecified atom stereocenters. The minimum atomic E-state index is -0.574. The Morgan fingerprint density at radius 2 is 1.79 bits per heavy atom. The molecule has 1 saturated carbocycles. The summed E-state index contributed by atoms with van der Waals surface area (Å²) in [5, 5.41) is 4.40. The van der Waals surface area contributed by atoms with E-state index in [1.54, 1.807) is 42.2 Å². The van der Waals surface area contributed by atoms with Crippen LogP contribution in [0.5, 0.6) is 5.75 Å². The van der Waals surface area contributed by atoms with E-state index in [1.807, 2.05) is 18.2 Å². The normalized spacial score (nSPS) is 15.0. The largest absolute Gasteiger partial charge is 0.494 e. The van der Waals surface area contributed by atoms with E-state index in [0.29, 0.717) is 35.4 Å². The highest BCUT2D eigenvalue weighted by Gasteiger charge is 2.27. The highest BCUT2D eigenvalue weighted by atomic mass is 35.5. The first-order valence-corrected chi connectivity index (χ1v) is 12.4. The van der Waals surface area contributed by atoms with Crippen molar-refractivity contribution >= 4 is 35.0 Å². The van der Waals surface area contributed by atoms with E-state index in [1.165, 1.54) is 6.42 Å². The van der Waals surface area contributed by atoms with Gasteiger partial charge in [-0.2, -0.15) is 0 Å². The maximum atomic E-state index is 13.2. The Labute approximate surface area is 206 Å². The molecular formula is C26H32Cl2N2O3. The zero-order chi connectivity index (χ0) is 23.6. The average molecular weight is 491 g/mol. The van der Waals surface area contributed by atoms with Gasteiger partial charge in [0.25, 0.3) is 0 Å². The van der Waals surface area contributed by atoms with Crippen molar-refractivity contribution in [1.29, 1.82) is 0 Å². The Kier molecular flexibility index (Phi) is 9.89. The first-order valence-electron chi connectivity index (χ1n) is 11.6. The lowest BCUT2D eigenvalue weighted by atomic mass is 9.95. The molecule has 1 aliphatic rings. The van der Waals surface area contributed by atoms with Gasteiger partial charge in [-0.15, -0.1) is 0 Å². The summed E-state index contributed by atoms with van der Waals surface area (Å²) in [6.45, 7) is 2.53. The SMILES string of the molecule is C[C@@H](C(=O)NC1CCCCC1)N(Cc1cccc(Cl)c1)C(=O)CCCOc1ccc(Cl)cc1. The standard InChI is InChI=1S/C26H32Cl2N2O3/c1-19(26(32)29-23-9-3-2-4-10-23)30(18-20-7-5-8-22(28)17-20)25(31)11-6-16-33-24-14-12-21(27)13-15-24/h5,7-8,12-15,17,19,23H,2-4,6,9-11,16,18H2,1H3,(H,29,32)/t19-/m0/s1. The minimum absolute atomic E-state index is 0.0824. The van der Waals surface area contributed by atoms with Gasteiger partial charge in [0.2, 0.25) is 11.8 Å². The maximum absolute atomic E-state index is 13.2. The molecule has 33 heavy (non-hydrogen) atoms. The van der Waals surface area contributed by atoms with Gasteiger partial charge in [-0.05, 0) is 68.1 Å². The molecule has 1 fully saturated rings. The van der Waals surface area contributed by atoms with Crippen LogP contribution in [-0.2, 0) is 16.1 Å². The average Bonchev–Trinajstić information content (AvgIpc) is 2.81. The number of carbonyl (C=O) groups is 2. The summed E-state index contributed by atoms with van der Waals surface area (Å²) in [6, 6.07) is 14.2. The van der Waals surface area contributed by atoms with E-state index in [2.05, 4.69) is 5.32 Å². The van der Waals surface area contributed by atoms with Crippen LogP contribution in [0.25, 0.3) is 0 Å². The topological polar surface area (TPSA) is 58.6 Å². The molecule has 0 heterocycles. The quantitative estimate of drug-likeness (QED) is 0.414. The van der Waals surface area contributed by atoms with Crippen molar-refractivity contribution in [1.82, 2.24) is 10.2 Å². The zero-order valence-corrected chi connectivity index (χ0v) is 20.6. The fraction of sp³-hybridized carbons (Fsp3) is 0.462. The van der Waals surface area contributed by atoms with Gasteiger partial charge in [-0.1, -0.05) is 54.6 Å². The molecule has 5 nitrogen and oxygen atoms in total. The lowest BCUT2D eigenvalue weighted by Crippen LogP contribution is -2.50. The third-order valence-electron chi connectivity index (χ3n) is 5.98. The van der Waals surface area contributed by atoms with E-state index in [0.717, 1.165) is 31.2 Å². The summed E-state index contributed by atoms with van der Waals surface area (Å²) in [7, 11) is 0. The first-order chi connectivity index (χ1) is 15.9. The van der Waals surface area contributed by atoms with Crippen molar-refractivity contribution in [3.8, 4) is 5.75 Å². The Hall–Kier alpha value is -2.24. The number of nitrogens with one attached hydrogen (secondary N) is 1. The molecule has 1 atom stereocenters. The molecule has 2 aromatic carbocycles. The second-order valence-corrected chi connectivity index (χ2v) is 9.45. The maximum Gasteiger partial charge on any atom is 0.242 e. The minimum Gasteiger partial charge on any atom is -0.494 e. The zero-order valence-electron chi connectivity index (χ0n) is 19.1. The van der Waals surface area contributed by atoms with Gasteiger partial charge in [0.1, 0.15) is 11.8 Å². The van der Waals surface area contributed by atoms with E-state index in [9.17, 15) is 9.59 Å². The third kappa shape index (κ3) is 8.24. The lowest BCUT2D eigenvalue weighted by molar-refractivity contribution is -0.141. The van der Waals surface area contributed by atoms with Gasteiger partial charge in [-0.3, -0.25) is 9.59 Å². The van der Waals surface area contributed by atoms with Crippen molar-refractivity contribution in [2.75, 3.05) is 6.61 Å². The van der Waals surface area contributed by atoms with E-state index < -0.39 is 6.04 Å². The third-order valence-corrected chi connectivity index (χ3v) is 6.47. The number of ether oxygens (including phenoxy) is 1. The summed E-state index contributed by atoms with van der Waals surface area (Å²) in [5.41, 5.74) is 0.894. The van der Waals surface area contributed by atoms with Gasteiger partial charge < -0.3 is 15.0 Å². The lowest BCUT2D eigenvalue weighted by Gasteiger charge is -2.31. The molecule has 7 heteroatoms. The van der Waals surface area contributed by atoms with E-state index in [-0.39, 0.29) is 24.3 Å². The van der Waals surface area contributed by atoms with Crippen LogP contribution >= 0.6 is 23.2 Å². The Bertz CT molecular complexity index is 914. The second-order valence-electron chi connectivity index (χ2n) is 8.58. The van der Waals surface area contributed by atoms with Gasteiger partial charge >= 0.3 is 0 Å². The monoisotopic (exact) mass is 490 g/mol. The summed E-state index contributed by atoms with van der Waals surface area (Å²) in [5.74, 6) is 0.526. The Balaban J connectivity index is 1.60. The van der Waals surface area contributed by atoms with Crippen molar-refractivity contribution in [3.05, 3.63) is 64.1 Å². The number of hydrogen-bond donors (Lipinski definition) is 1. The molecule has 2 amide bonds. The van der Waals surface area contributed by atoms with Crippen LogP contribution in [0.3, 0.4) is 0 Å². The molecule has 0 radical (unpaired) electrons. The molecule has 2 aromatic rings. The number of nitrogens with zero attached hydrogens (tertiary/aromatic N) is 1. The Morgan fingerprint density at radius 1 is 1.06 bits per heavy atom. The highest BCUT2D eigenvalue weighted by Crippen LogP contribution is 2.20. The summed E-state index contributed by atoms with van der Waals surface area (Å²) in [6.07, 6.45) is 6.33. The highest BCUT2D eigenvalue weighted by molar-refractivity contribution is 6.30. The van der Waals surface area contributed by atoms with Crippen LogP contribution in [0.2, 0.25) is 10.0 Å². The first kappa shape index (κ1) is 25.4. The van der Waals surface area contributed by atoms with Crippen LogP contribution in [0.4, 0.5) is 0 Å². The van der Waals surface area contributed by atoms with Crippen LogP contribution < -0.4 is 10.1 Å². The van der Waals surface area contributed by atoms with Crippen molar-refractivity contribution in [3.63, 3.8) is 0 Å². The number of rotatable bonds is 10. The number of hydrogen-bond acceptors (Lipinski definition) is 3. The van der Waals surface area contributed by atoms with Gasteiger partial charge in [0.05, 0.1) is 6.61 Å². The fourth-order valence-electron chi connectivity index (χ4n) is 4.07.